The van der Waals surface area contributed by atoms with Crippen molar-refractivity contribution in [3.63, 3.8) is 0 Å². The van der Waals surface area contributed by atoms with Gasteiger partial charge in [0.05, 0.1) is 10.9 Å². The molecule has 0 saturated carbocycles. The summed E-state index contributed by atoms with van der Waals surface area (Å²) in [5.41, 5.74) is 3.06. The Balaban J connectivity index is 1.89. The molecule has 0 spiro atoms. The van der Waals surface area contributed by atoms with E-state index in [-0.39, 0.29) is 11.4 Å². The largest absolute Gasteiger partial charge is 0.505 e. The van der Waals surface area contributed by atoms with Crippen molar-refractivity contribution in [2.45, 2.75) is 24.3 Å². The first-order valence-electron chi connectivity index (χ1n) is 9.02. The normalized spacial score (nSPS) is 17.3. The molecular formula is C22H20FNO3S. The highest BCUT2D eigenvalue weighted by molar-refractivity contribution is 7.89. The van der Waals surface area contributed by atoms with Crippen LogP contribution in [0.5, 0.6) is 5.75 Å². The molecule has 0 amide bonds. The van der Waals surface area contributed by atoms with E-state index in [1.165, 1.54) is 16.4 Å². The lowest BCUT2D eigenvalue weighted by Gasteiger charge is -2.37. The molecule has 28 heavy (non-hydrogen) atoms. The lowest BCUT2D eigenvalue weighted by atomic mass is 9.89. The highest BCUT2D eigenvalue weighted by Crippen LogP contribution is 2.40. The number of phenols is 1. The first-order valence-corrected chi connectivity index (χ1v) is 10.5. The van der Waals surface area contributed by atoms with Crippen LogP contribution in [-0.2, 0) is 16.4 Å². The number of hydrogen-bond donors (Lipinski definition) is 1. The molecule has 3 aromatic carbocycles. The van der Waals surface area contributed by atoms with Crippen molar-refractivity contribution < 1.29 is 17.9 Å². The molecule has 1 aliphatic heterocycles. The maximum absolute atomic E-state index is 13.9. The van der Waals surface area contributed by atoms with E-state index in [1.807, 2.05) is 37.3 Å². The van der Waals surface area contributed by atoms with Gasteiger partial charge >= 0.3 is 0 Å². The molecule has 1 N–H and O–H groups in total. The number of halogens is 1. The topological polar surface area (TPSA) is 57.6 Å². The van der Waals surface area contributed by atoms with E-state index >= 15 is 0 Å². The summed E-state index contributed by atoms with van der Waals surface area (Å²) in [7, 11) is -3.78. The molecule has 6 heteroatoms. The molecule has 1 atom stereocenters. The van der Waals surface area contributed by atoms with E-state index in [9.17, 15) is 17.9 Å². The van der Waals surface area contributed by atoms with Crippen LogP contribution in [0.25, 0.3) is 0 Å². The number of aryl methyl sites for hydroxylation is 1. The van der Waals surface area contributed by atoms with Gasteiger partial charge in [-0.1, -0.05) is 48.0 Å². The van der Waals surface area contributed by atoms with Crippen molar-refractivity contribution in [1.29, 1.82) is 0 Å². The Hall–Kier alpha value is -2.70. The van der Waals surface area contributed by atoms with E-state index in [0.717, 1.165) is 11.1 Å². The summed E-state index contributed by atoms with van der Waals surface area (Å²) in [6.45, 7) is 2.13. The van der Waals surface area contributed by atoms with Gasteiger partial charge in [-0.25, -0.2) is 12.8 Å². The van der Waals surface area contributed by atoms with E-state index in [0.29, 0.717) is 17.5 Å². The molecule has 0 radical (unpaired) electrons. The first kappa shape index (κ1) is 18.7. The van der Waals surface area contributed by atoms with Crippen LogP contribution in [0.3, 0.4) is 0 Å². The van der Waals surface area contributed by atoms with Gasteiger partial charge in [-0.15, -0.1) is 0 Å². The number of phenolic OH excluding ortho intramolecular Hbond substituents is 1. The fourth-order valence-corrected chi connectivity index (χ4v) is 5.29. The highest BCUT2D eigenvalue weighted by Gasteiger charge is 2.38. The van der Waals surface area contributed by atoms with Gasteiger partial charge in [-0.2, -0.15) is 4.31 Å². The Labute approximate surface area is 163 Å². The number of sulfonamides is 1. The molecule has 4 nitrogen and oxygen atoms in total. The van der Waals surface area contributed by atoms with Gasteiger partial charge in [0, 0.05) is 6.54 Å². The number of benzene rings is 3. The Morgan fingerprint density at radius 2 is 1.71 bits per heavy atom. The summed E-state index contributed by atoms with van der Waals surface area (Å²) in [5.74, 6) is -1.17. The van der Waals surface area contributed by atoms with Crippen LogP contribution in [0, 0.1) is 12.7 Å². The molecule has 1 unspecified atom stereocenters. The Bertz CT molecular complexity index is 1110. The molecule has 0 bridgehead atoms. The van der Waals surface area contributed by atoms with Crippen LogP contribution in [0.1, 0.15) is 28.3 Å². The van der Waals surface area contributed by atoms with Crippen LogP contribution in [-0.4, -0.2) is 24.4 Å². The molecule has 3 aromatic rings. The predicted molar refractivity (Wildman–Crippen MR) is 105 cm³/mol. The minimum Gasteiger partial charge on any atom is -0.505 e. The zero-order chi connectivity index (χ0) is 19.9. The molecule has 1 heterocycles. The maximum atomic E-state index is 13.9. The average Bonchev–Trinajstić information content (AvgIpc) is 2.69. The summed E-state index contributed by atoms with van der Waals surface area (Å²) in [6.07, 6.45) is 0.376. The van der Waals surface area contributed by atoms with Crippen molar-refractivity contribution in [3.8, 4) is 5.75 Å². The Morgan fingerprint density at radius 1 is 1.04 bits per heavy atom. The van der Waals surface area contributed by atoms with Crippen molar-refractivity contribution in [2.24, 2.45) is 0 Å². The van der Waals surface area contributed by atoms with Crippen LogP contribution in [0.15, 0.2) is 71.6 Å². The summed E-state index contributed by atoms with van der Waals surface area (Å²) >= 11 is 0. The standard InChI is InChI=1S/C22H20FNO3S/c1-15-7-9-18(10-8-15)28(26,27)24-12-11-17-13-20(23)21(25)14-19(17)22(24)16-5-3-2-4-6-16/h2-10,13-14,22,25H,11-12H2,1H3. The second-order valence-corrected chi connectivity index (χ2v) is 8.89. The van der Waals surface area contributed by atoms with Crippen LogP contribution in [0.4, 0.5) is 4.39 Å². The molecule has 144 valence electrons. The zero-order valence-electron chi connectivity index (χ0n) is 15.3. The smallest absolute Gasteiger partial charge is 0.243 e. The van der Waals surface area contributed by atoms with Crippen molar-refractivity contribution in [3.05, 3.63) is 94.8 Å². The summed E-state index contributed by atoms with van der Waals surface area (Å²) in [4.78, 5) is 0.216. The summed E-state index contributed by atoms with van der Waals surface area (Å²) < 4.78 is 42.2. The average molecular weight is 397 g/mol. The predicted octanol–water partition coefficient (Wildman–Crippen LogP) is 4.18. The second kappa shape index (κ2) is 7.04. The van der Waals surface area contributed by atoms with Gasteiger partial charge in [-0.3, -0.25) is 0 Å². The Morgan fingerprint density at radius 3 is 2.39 bits per heavy atom. The molecule has 4 rings (SSSR count). The van der Waals surface area contributed by atoms with Crippen LogP contribution >= 0.6 is 0 Å². The molecule has 1 aliphatic rings. The van der Waals surface area contributed by atoms with Gasteiger partial charge < -0.3 is 5.11 Å². The zero-order valence-corrected chi connectivity index (χ0v) is 16.2. The number of hydrogen-bond acceptors (Lipinski definition) is 3. The van der Waals surface area contributed by atoms with Crippen molar-refractivity contribution >= 4 is 10.0 Å². The highest BCUT2D eigenvalue weighted by atomic mass is 32.2. The number of nitrogens with zero attached hydrogens (tertiary/aromatic N) is 1. The van der Waals surface area contributed by atoms with Gasteiger partial charge in [0.25, 0.3) is 0 Å². The second-order valence-electron chi connectivity index (χ2n) is 6.99. The third kappa shape index (κ3) is 3.19. The maximum Gasteiger partial charge on any atom is 0.243 e. The minimum absolute atomic E-state index is 0.216. The van der Waals surface area contributed by atoms with Gasteiger partial charge in [-0.05, 0) is 54.3 Å². The number of aromatic hydroxyl groups is 1. The molecule has 0 fully saturated rings. The monoisotopic (exact) mass is 397 g/mol. The fourth-order valence-electron chi connectivity index (χ4n) is 3.69. The van der Waals surface area contributed by atoms with Crippen LogP contribution < -0.4 is 0 Å². The molecule has 0 aliphatic carbocycles. The third-order valence-corrected chi connectivity index (χ3v) is 7.01. The fraction of sp³-hybridized carbons (Fsp3) is 0.182. The molecule has 0 aromatic heterocycles. The SMILES string of the molecule is Cc1ccc(S(=O)(=O)N2CCc3cc(F)c(O)cc3C2c2ccccc2)cc1. The van der Waals surface area contributed by atoms with E-state index in [4.69, 9.17) is 0 Å². The first-order chi connectivity index (χ1) is 13.4. The summed E-state index contributed by atoms with van der Waals surface area (Å²) in [6, 6.07) is 18.0. The van der Waals surface area contributed by atoms with Crippen LogP contribution in [0.2, 0.25) is 0 Å². The lowest BCUT2D eigenvalue weighted by Crippen LogP contribution is -2.40. The molecular weight excluding hydrogens is 377 g/mol. The number of fused-ring (bicyclic) bond motifs is 1. The Kier molecular flexibility index (Phi) is 4.69. The third-order valence-electron chi connectivity index (χ3n) is 5.14. The van der Waals surface area contributed by atoms with E-state index in [1.54, 1.807) is 24.3 Å². The van der Waals surface area contributed by atoms with Gasteiger partial charge in [0.1, 0.15) is 0 Å². The van der Waals surface area contributed by atoms with Gasteiger partial charge in [0.2, 0.25) is 10.0 Å². The van der Waals surface area contributed by atoms with Crippen molar-refractivity contribution in [1.82, 2.24) is 4.31 Å². The minimum atomic E-state index is -3.78. The van der Waals surface area contributed by atoms with Crippen molar-refractivity contribution in [2.75, 3.05) is 6.54 Å². The quantitative estimate of drug-likeness (QED) is 0.721. The number of rotatable bonds is 3. The lowest BCUT2D eigenvalue weighted by molar-refractivity contribution is 0.340. The summed E-state index contributed by atoms with van der Waals surface area (Å²) in [5, 5.41) is 9.93. The molecule has 0 saturated heterocycles. The van der Waals surface area contributed by atoms with E-state index in [2.05, 4.69) is 0 Å². The van der Waals surface area contributed by atoms with Gasteiger partial charge in [0.15, 0.2) is 11.6 Å². The van der Waals surface area contributed by atoms with E-state index < -0.39 is 27.6 Å².